The first-order valence-corrected chi connectivity index (χ1v) is 9.24. The van der Waals surface area contributed by atoms with Crippen molar-refractivity contribution in [1.82, 2.24) is 25.1 Å². The maximum absolute atomic E-state index is 12.5. The van der Waals surface area contributed by atoms with E-state index >= 15 is 0 Å². The molecule has 1 saturated heterocycles. The molecule has 0 unspecified atom stereocenters. The minimum Gasteiger partial charge on any atom is -0.378 e. The standard InChI is InChI=1S/C16H20N6O3S/c1-21-16(18-19-20-21)26-10-5-14(23)17-13-4-2-3-12(11-13)15(24)22-6-8-25-9-7-22/h2-4,11H,5-10H2,1H3,(H,17,23). The molecule has 2 aromatic rings. The minimum absolute atomic E-state index is 0.0465. The van der Waals surface area contributed by atoms with Gasteiger partial charge in [0.2, 0.25) is 11.1 Å². The predicted octanol–water partition coefficient (Wildman–Crippen LogP) is 0.803. The Kier molecular flexibility index (Phi) is 6.18. The lowest BCUT2D eigenvalue weighted by Gasteiger charge is -2.27. The molecular formula is C16H20N6O3S. The maximum Gasteiger partial charge on any atom is 0.254 e. The van der Waals surface area contributed by atoms with Gasteiger partial charge in [0.1, 0.15) is 0 Å². The summed E-state index contributed by atoms with van der Waals surface area (Å²) in [5, 5.41) is 14.6. The molecule has 26 heavy (non-hydrogen) atoms. The molecule has 9 nitrogen and oxygen atoms in total. The molecule has 1 fully saturated rings. The summed E-state index contributed by atoms with van der Waals surface area (Å²) < 4.78 is 6.83. The summed E-state index contributed by atoms with van der Waals surface area (Å²) in [6, 6.07) is 7.00. The fourth-order valence-corrected chi connectivity index (χ4v) is 3.27. The summed E-state index contributed by atoms with van der Waals surface area (Å²) >= 11 is 1.41. The van der Waals surface area contributed by atoms with Crippen molar-refractivity contribution in [2.24, 2.45) is 7.05 Å². The number of hydrogen-bond acceptors (Lipinski definition) is 7. The molecule has 1 aromatic heterocycles. The van der Waals surface area contributed by atoms with E-state index in [-0.39, 0.29) is 11.8 Å². The Labute approximate surface area is 155 Å². The molecule has 2 amide bonds. The molecule has 10 heteroatoms. The minimum atomic E-state index is -0.122. The Morgan fingerprint density at radius 3 is 2.85 bits per heavy atom. The second-order valence-electron chi connectivity index (χ2n) is 5.72. The number of nitrogens with one attached hydrogen (secondary N) is 1. The topological polar surface area (TPSA) is 102 Å². The Morgan fingerprint density at radius 2 is 2.12 bits per heavy atom. The first-order valence-electron chi connectivity index (χ1n) is 8.25. The summed E-state index contributed by atoms with van der Waals surface area (Å²) in [4.78, 5) is 26.4. The zero-order valence-corrected chi connectivity index (χ0v) is 15.2. The number of thioether (sulfide) groups is 1. The highest BCUT2D eigenvalue weighted by Crippen LogP contribution is 2.16. The van der Waals surface area contributed by atoms with Crippen molar-refractivity contribution < 1.29 is 14.3 Å². The zero-order chi connectivity index (χ0) is 18.4. The Hall–Kier alpha value is -2.46. The lowest BCUT2D eigenvalue weighted by Crippen LogP contribution is -2.40. The van der Waals surface area contributed by atoms with Crippen molar-refractivity contribution in [3.63, 3.8) is 0 Å². The first kappa shape index (κ1) is 18.3. The monoisotopic (exact) mass is 376 g/mol. The van der Waals surface area contributed by atoms with E-state index in [1.165, 1.54) is 11.8 Å². The zero-order valence-electron chi connectivity index (χ0n) is 14.4. The molecule has 0 aliphatic carbocycles. The second kappa shape index (κ2) is 8.77. The summed E-state index contributed by atoms with van der Waals surface area (Å²) in [7, 11) is 1.75. The van der Waals surface area contributed by atoms with Crippen molar-refractivity contribution in [2.45, 2.75) is 11.6 Å². The number of aromatic nitrogens is 4. The number of benzene rings is 1. The Bertz CT molecular complexity index is 775. The molecule has 138 valence electrons. The fraction of sp³-hybridized carbons (Fsp3) is 0.438. The van der Waals surface area contributed by atoms with Crippen molar-refractivity contribution in [1.29, 1.82) is 0 Å². The number of tetrazole rings is 1. The van der Waals surface area contributed by atoms with Gasteiger partial charge in [0.25, 0.3) is 5.91 Å². The highest BCUT2D eigenvalue weighted by molar-refractivity contribution is 7.99. The van der Waals surface area contributed by atoms with E-state index in [9.17, 15) is 9.59 Å². The molecule has 1 aromatic carbocycles. The normalized spacial score (nSPS) is 14.3. The third-order valence-corrected chi connectivity index (χ3v) is 4.85. The summed E-state index contributed by atoms with van der Waals surface area (Å²) in [6.07, 6.45) is 0.319. The number of carbonyl (C=O) groups excluding carboxylic acids is 2. The predicted molar refractivity (Wildman–Crippen MR) is 95.9 cm³/mol. The van der Waals surface area contributed by atoms with Crippen LogP contribution in [0, 0.1) is 0 Å². The van der Waals surface area contributed by atoms with Gasteiger partial charge in [0.15, 0.2) is 0 Å². The van der Waals surface area contributed by atoms with Gasteiger partial charge in [-0.25, -0.2) is 4.68 Å². The van der Waals surface area contributed by atoms with Crippen molar-refractivity contribution in [3.05, 3.63) is 29.8 Å². The molecule has 1 N–H and O–H groups in total. The lowest BCUT2D eigenvalue weighted by atomic mass is 10.1. The Morgan fingerprint density at radius 1 is 1.31 bits per heavy atom. The SMILES string of the molecule is Cn1nnnc1SCCC(=O)Nc1cccc(C(=O)N2CCOCC2)c1. The third kappa shape index (κ3) is 4.79. The molecule has 0 bridgehead atoms. The molecular weight excluding hydrogens is 356 g/mol. The molecule has 0 radical (unpaired) electrons. The molecule has 3 rings (SSSR count). The van der Waals surface area contributed by atoms with Crippen LogP contribution in [0.1, 0.15) is 16.8 Å². The van der Waals surface area contributed by atoms with Crippen LogP contribution in [-0.4, -0.2) is 69.0 Å². The average Bonchev–Trinajstić information content (AvgIpc) is 3.07. The summed E-state index contributed by atoms with van der Waals surface area (Å²) in [5.41, 5.74) is 1.17. The van der Waals surface area contributed by atoms with Crippen LogP contribution in [0.3, 0.4) is 0 Å². The van der Waals surface area contributed by atoms with Gasteiger partial charge in [-0.15, -0.1) is 5.10 Å². The third-order valence-electron chi connectivity index (χ3n) is 3.83. The van der Waals surface area contributed by atoms with Crippen LogP contribution < -0.4 is 5.32 Å². The number of rotatable bonds is 6. The molecule has 0 saturated carbocycles. The largest absolute Gasteiger partial charge is 0.378 e. The number of aryl methyl sites for hydroxylation is 1. The van der Waals surface area contributed by atoms with E-state index in [0.717, 1.165) is 0 Å². The average molecular weight is 376 g/mol. The number of anilines is 1. The van der Waals surface area contributed by atoms with Crippen LogP contribution in [0.15, 0.2) is 29.4 Å². The van der Waals surface area contributed by atoms with Gasteiger partial charge in [-0.05, 0) is 28.6 Å². The smallest absolute Gasteiger partial charge is 0.254 e. The van der Waals surface area contributed by atoms with E-state index in [4.69, 9.17) is 4.74 Å². The van der Waals surface area contributed by atoms with Crippen molar-refractivity contribution >= 4 is 29.3 Å². The van der Waals surface area contributed by atoms with Crippen LogP contribution in [0.4, 0.5) is 5.69 Å². The number of ether oxygens (including phenoxy) is 1. The second-order valence-corrected chi connectivity index (χ2v) is 6.78. The molecule has 0 atom stereocenters. The van der Waals surface area contributed by atoms with E-state index in [1.807, 2.05) is 0 Å². The number of amides is 2. The highest BCUT2D eigenvalue weighted by Gasteiger charge is 2.18. The van der Waals surface area contributed by atoms with Crippen molar-refractivity contribution in [2.75, 3.05) is 37.4 Å². The summed E-state index contributed by atoms with van der Waals surface area (Å²) in [6.45, 7) is 2.29. The van der Waals surface area contributed by atoms with Crippen LogP contribution in [0.25, 0.3) is 0 Å². The van der Waals surface area contributed by atoms with Gasteiger partial charge in [0, 0.05) is 43.6 Å². The number of nitrogens with zero attached hydrogens (tertiary/aromatic N) is 5. The van der Waals surface area contributed by atoms with Crippen LogP contribution in [-0.2, 0) is 16.6 Å². The van der Waals surface area contributed by atoms with Crippen LogP contribution in [0.2, 0.25) is 0 Å². The van der Waals surface area contributed by atoms with E-state index in [1.54, 1.807) is 40.9 Å². The Balaban J connectivity index is 1.52. The van der Waals surface area contributed by atoms with Crippen molar-refractivity contribution in [3.8, 4) is 0 Å². The van der Waals surface area contributed by atoms with E-state index in [0.29, 0.717) is 54.9 Å². The molecule has 2 heterocycles. The lowest BCUT2D eigenvalue weighted by molar-refractivity contribution is -0.115. The van der Waals surface area contributed by atoms with Gasteiger partial charge >= 0.3 is 0 Å². The van der Waals surface area contributed by atoms with Gasteiger partial charge in [-0.1, -0.05) is 17.8 Å². The van der Waals surface area contributed by atoms with Gasteiger partial charge < -0.3 is 15.0 Å². The number of carbonyl (C=O) groups is 2. The number of hydrogen-bond donors (Lipinski definition) is 1. The van der Waals surface area contributed by atoms with E-state index < -0.39 is 0 Å². The molecule has 1 aliphatic heterocycles. The molecule has 1 aliphatic rings. The van der Waals surface area contributed by atoms with E-state index in [2.05, 4.69) is 20.8 Å². The number of morpholine rings is 1. The maximum atomic E-state index is 12.5. The first-order chi connectivity index (χ1) is 12.6. The fourth-order valence-electron chi connectivity index (χ4n) is 2.48. The van der Waals surface area contributed by atoms with Gasteiger partial charge in [-0.3, -0.25) is 9.59 Å². The summed E-state index contributed by atoms with van der Waals surface area (Å²) in [5.74, 6) is 0.394. The van der Waals surface area contributed by atoms with Gasteiger partial charge in [0.05, 0.1) is 13.2 Å². The van der Waals surface area contributed by atoms with Crippen LogP contribution in [0.5, 0.6) is 0 Å². The van der Waals surface area contributed by atoms with Gasteiger partial charge in [-0.2, -0.15) is 0 Å². The molecule has 0 spiro atoms. The van der Waals surface area contributed by atoms with Crippen LogP contribution >= 0.6 is 11.8 Å². The quantitative estimate of drug-likeness (QED) is 0.744. The highest BCUT2D eigenvalue weighted by atomic mass is 32.2.